The van der Waals surface area contributed by atoms with Gasteiger partial charge in [-0.3, -0.25) is 4.90 Å². The van der Waals surface area contributed by atoms with Crippen LogP contribution in [0.25, 0.3) is 0 Å². The Labute approximate surface area is 118 Å². The Morgan fingerprint density at radius 3 is 2.11 bits per heavy atom. The average molecular weight is 266 g/mol. The lowest BCUT2D eigenvalue weighted by molar-refractivity contribution is 0.0593. The lowest BCUT2D eigenvalue weighted by Gasteiger charge is -2.36. The molecule has 0 aromatic rings. The Morgan fingerprint density at radius 1 is 0.842 bits per heavy atom. The first kappa shape index (κ1) is 13.8. The van der Waals surface area contributed by atoms with Gasteiger partial charge in [0.05, 0.1) is 6.10 Å². The molecule has 1 aliphatic heterocycles. The van der Waals surface area contributed by atoms with Gasteiger partial charge in [-0.15, -0.1) is 0 Å². The lowest BCUT2D eigenvalue weighted by Crippen LogP contribution is -2.49. The van der Waals surface area contributed by atoms with Crippen LogP contribution in [-0.2, 0) is 0 Å². The normalized spacial score (nSPS) is 28.9. The highest BCUT2D eigenvalue weighted by Gasteiger charge is 2.27. The maximum atomic E-state index is 10.2. The molecule has 0 aromatic carbocycles. The zero-order chi connectivity index (χ0) is 13.1. The first-order valence-electron chi connectivity index (χ1n) is 8.42. The smallest absolute Gasteiger partial charge is 0.0669 e. The molecule has 3 heteroatoms. The molecule has 1 atom stereocenters. The van der Waals surface area contributed by atoms with Crippen LogP contribution in [0.1, 0.15) is 44.9 Å². The Hall–Kier alpha value is -0.120. The second-order valence-electron chi connectivity index (χ2n) is 7.08. The van der Waals surface area contributed by atoms with Gasteiger partial charge in [-0.25, -0.2) is 0 Å². The largest absolute Gasteiger partial charge is 0.392 e. The number of hydrogen-bond donors (Lipinski definition) is 1. The monoisotopic (exact) mass is 266 g/mol. The third-order valence-electron chi connectivity index (χ3n) is 5.23. The van der Waals surface area contributed by atoms with Gasteiger partial charge < -0.3 is 10.0 Å². The zero-order valence-corrected chi connectivity index (χ0v) is 12.3. The fraction of sp³-hybridized carbons (Fsp3) is 1.00. The number of aliphatic hydroxyl groups is 1. The molecule has 3 rings (SSSR count). The Bertz CT molecular complexity index is 266. The first-order valence-corrected chi connectivity index (χ1v) is 8.42. The number of rotatable bonds is 6. The minimum absolute atomic E-state index is 0.0851. The van der Waals surface area contributed by atoms with Gasteiger partial charge in [0.2, 0.25) is 0 Å². The molecule has 2 saturated carbocycles. The molecule has 0 aromatic heterocycles. The summed E-state index contributed by atoms with van der Waals surface area (Å²) in [5.41, 5.74) is 0. The molecule has 19 heavy (non-hydrogen) atoms. The lowest BCUT2D eigenvalue weighted by atomic mass is 10.00. The maximum absolute atomic E-state index is 10.2. The third kappa shape index (κ3) is 4.44. The summed E-state index contributed by atoms with van der Waals surface area (Å²) in [5, 5.41) is 10.2. The summed E-state index contributed by atoms with van der Waals surface area (Å²) in [7, 11) is 0. The molecule has 0 radical (unpaired) electrons. The second-order valence-corrected chi connectivity index (χ2v) is 7.08. The summed E-state index contributed by atoms with van der Waals surface area (Å²) in [5.74, 6) is 1.82. The van der Waals surface area contributed by atoms with Crippen molar-refractivity contribution in [3.63, 3.8) is 0 Å². The first-order chi connectivity index (χ1) is 9.29. The van der Waals surface area contributed by atoms with Crippen LogP contribution in [0.2, 0.25) is 0 Å². The van der Waals surface area contributed by atoms with Gasteiger partial charge >= 0.3 is 0 Å². The van der Waals surface area contributed by atoms with Crippen molar-refractivity contribution in [2.24, 2.45) is 11.8 Å². The predicted octanol–water partition coefficient (Wildman–Crippen LogP) is 1.96. The van der Waals surface area contributed by atoms with E-state index in [2.05, 4.69) is 9.80 Å². The summed E-state index contributed by atoms with van der Waals surface area (Å²) in [6.07, 6.45) is 9.36. The van der Waals surface area contributed by atoms with E-state index < -0.39 is 0 Å². The van der Waals surface area contributed by atoms with Crippen LogP contribution < -0.4 is 0 Å². The minimum Gasteiger partial charge on any atom is -0.392 e. The van der Waals surface area contributed by atoms with Crippen molar-refractivity contribution in [1.29, 1.82) is 0 Å². The molecule has 0 amide bonds. The van der Waals surface area contributed by atoms with E-state index in [1.54, 1.807) is 0 Å². The summed E-state index contributed by atoms with van der Waals surface area (Å²) in [4.78, 5) is 5.10. The van der Waals surface area contributed by atoms with Crippen molar-refractivity contribution in [3.05, 3.63) is 0 Å². The van der Waals surface area contributed by atoms with Gasteiger partial charge in [0.25, 0.3) is 0 Å². The van der Waals surface area contributed by atoms with Crippen LogP contribution in [0, 0.1) is 11.8 Å². The van der Waals surface area contributed by atoms with E-state index in [1.165, 1.54) is 58.2 Å². The van der Waals surface area contributed by atoms with Crippen molar-refractivity contribution in [1.82, 2.24) is 9.80 Å². The van der Waals surface area contributed by atoms with E-state index in [4.69, 9.17) is 0 Å². The molecule has 1 saturated heterocycles. The van der Waals surface area contributed by atoms with Crippen LogP contribution >= 0.6 is 0 Å². The maximum Gasteiger partial charge on any atom is 0.0669 e. The molecule has 3 fully saturated rings. The summed E-state index contributed by atoms with van der Waals surface area (Å²) in [6, 6.07) is 0. The topological polar surface area (TPSA) is 26.7 Å². The van der Waals surface area contributed by atoms with Crippen LogP contribution in [0.15, 0.2) is 0 Å². The SMILES string of the molecule is OC(CC1CCCC1)CN1CCN(CC2CC2)CC1. The predicted molar refractivity (Wildman–Crippen MR) is 78.2 cm³/mol. The van der Waals surface area contributed by atoms with Gasteiger partial charge in [-0.2, -0.15) is 0 Å². The minimum atomic E-state index is -0.0851. The van der Waals surface area contributed by atoms with Crippen LogP contribution in [-0.4, -0.2) is 60.3 Å². The van der Waals surface area contributed by atoms with E-state index in [0.717, 1.165) is 37.9 Å². The van der Waals surface area contributed by atoms with Gasteiger partial charge in [-0.1, -0.05) is 25.7 Å². The van der Waals surface area contributed by atoms with Crippen LogP contribution in [0.3, 0.4) is 0 Å². The van der Waals surface area contributed by atoms with Crippen molar-refractivity contribution in [3.8, 4) is 0 Å². The number of hydrogen-bond acceptors (Lipinski definition) is 3. The quantitative estimate of drug-likeness (QED) is 0.796. The van der Waals surface area contributed by atoms with E-state index in [-0.39, 0.29) is 6.10 Å². The van der Waals surface area contributed by atoms with Crippen molar-refractivity contribution < 1.29 is 5.11 Å². The standard InChI is InChI=1S/C16H30N2O/c19-16(11-14-3-1-2-4-14)13-18-9-7-17(8-10-18)12-15-5-6-15/h14-16,19H,1-13H2. The fourth-order valence-corrected chi connectivity index (χ4v) is 3.82. The van der Waals surface area contributed by atoms with Gasteiger partial charge in [-0.05, 0) is 31.1 Å². The fourth-order valence-electron chi connectivity index (χ4n) is 3.82. The highest BCUT2D eigenvalue weighted by atomic mass is 16.3. The van der Waals surface area contributed by atoms with Crippen molar-refractivity contribution in [2.45, 2.75) is 51.0 Å². The molecule has 2 aliphatic carbocycles. The van der Waals surface area contributed by atoms with Crippen LogP contribution in [0.4, 0.5) is 0 Å². The molecule has 1 heterocycles. The third-order valence-corrected chi connectivity index (χ3v) is 5.23. The molecule has 110 valence electrons. The molecular weight excluding hydrogens is 236 g/mol. The average Bonchev–Trinajstić information content (AvgIpc) is 3.07. The van der Waals surface area contributed by atoms with Crippen molar-refractivity contribution >= 4 is 0 Å². The van der Waals surface area contributed by atoms with E-state index >= 15 is 0 Å². The Kier molecular flexibility index (Phi) is 4.78. The van der Waals surface area contributed by atoms with E-state index in [9.17, 15) is 5.11 Å². The highest BCUT2D eigenvalue weighted by Crippen LogP contribution is 2.30. The second kappa shape index (κ2) is 6.55. The molecule has 1 N–H and O–H groups in total. The highest BCUT2D eigenvalue weighted by molar-refractivity contribution is 4.81. The molecular formula is C16H30N2O. The van der Waals surface area contributed by atoms with Crippen LogP contribution in [0.5, 0.6) is 0 Å². The summed E-state index contributed by atoms with van der Waals surface area (Å²) >= 11 is 0. The van der Waals surface area contributed by atoms with Gasteiger partial charge in [0.1, 0.15) is 0 Å². The van der Waals surface area contributed by atoms with Gasteiger partial charge in [0, 0.05) is 39.3 Å². The summed E-state index contributed by atoms with van der Waals surface area (Å²) < 4.78 is 0. The number of β-amino-alcohol motifs (C(OH)–C–C–N with tert-alkyl or cyclic N) is 1. The Morgan fingerprint density at radius 2 is 1.47 bits per heavy atom. The summed E-state index contributed by atoms with van der Waals surface area (Å²) in [6.45, 7) is 6.99. The van der Waals surface area contributed by atoms with E-state index in [1.807, 2.05) is 0 Å². The molecule has 3 nitrogen and oxygen atoms in total. The zero-order valence-electron chi connectivity index (χ0n) is 12.3. The molecule has 0 spiro atoms. The number of piperazine rings is 1. The van der Waals surface area contributed by atoms with E-state index in [0.29, 0.717) is 0 Å². The molecule has 0 bridgehead atoms. The molecule has 3 aliphatic rings. The number of nitrogens with zero attached hydrogens (tertiary/aromatic N) is 2. The molecule has 1 unspecified atom stereocenters. The Balaban J connectivity index is 1.31. The number of aliphatic hydroxyl groups excluding tert-OH is 1. The van der Waals surface area contributed by atoms with Gasteiger partial charge in [0.15, 0.2) is 0 Å². The van der Waals surface area contributed by atoms with Crippen molar-refractivity contribution in [2.75, 3.05) is 39.3 Å².